The van der Waals surface area contributed by atoms with Crippen molar-refractivity contribution < 1.29 is 38.5 Å². The molecule has 1 saturated heterocycles. The van der Waals surface area contributed by atoms with Crippen molar-refractivity contribution in [2.45, 2.75) is 238 Å². The van der Waals surface area contributed by atoms with Crippen molar-refractivity contribution in [3.05, 3.63) is 0 Å². The zero-order valence-electron chi connectivity index (χ0n) is 32.4. The normalized spacial score (nSPS) is 16.5. The number of esters is 3. The summed E-state index contributed by atoms with van der Waals surface area (Å²) in [6, 6.07) is 0. The van der Waals surface area contributed by atoms with Crippen LogP contribution in [0.25, 0.3) is 0 Å². The largest absolute Gasteiger partial charge is 0.456 e. The molecular formula is C42H76O8. The molecule has 3 atom stereocenters. The Morgan fingerprint density at radius 1 is 0.540 bits per heavy atom. The highest BCUT2D eigenvalue weighted by Crippen LogP contribution is 2.23. The minimum atomic E-state index is -1.51. The van der Waals surface area contributed by atoms with Crippen molar-refractivity contribution in [3.63, 3.8) is 0 Å². The van der Waals surface area contributed by atoms with Crippen LogP contribution < -0.4 is 0 Å². The number of rotatable bonds is 36. The van der Waals surface area contributed by atoms with E-state index in [-0.39, 0.29) is 12.8 Å². The quantitative estimate of drug-likeness (QED) is 0.0296. The number of carbonyl (C=O) groups is 4. The Labute approximate surface area is 305 Å². The van der Waals surface area contributed by atoms with E-state index in [2.05, 4.69) is 13.8 Å². The van der Waals surface area contributed by atoms with Crippen molar-refractivity contribution in [2.24, 2.45) is 0 Å². The molecule has 1 unspecified atom stereocenters. The summed E-state index contributed by atoms with van der Waals surface area (Å²) >= 11 is 0. The first-order valence-corrected chi connectivity index (χ1v) is 21.2. The van der Waals surface area contributed by atoms with Crippen LogP contribution in [-0.2, 0) is 33.4 Å². The highest BCUT2D eigenvalue weighted by atomic mass is 16.6. The molecule has 8 nitrogen and oxygen atoms in total. The number of unbranched alkanes of at least 4 members (excludes halogenated alkanes) is 28. The maximum Gasteiger partial charge on any atom is 0.379 e. The third kappa shape index (κ3) is 24.3. The van der Waals surface area contributed by atoms with E-state index < -0.39 is 48.6 Å². The van der Waals surface area contributed by atoms with Gasteiger partial charge >= 0.3 is 17.9 Å². The summed E-state index contributed by atoms with van der Waals surface area (Å²) in [5.74, 6) is -3.26. The predicted octanol–water partition coefficient (Wildman–Crippen LogP) is 10.8. The molecule has 0 aromatic heterocycles. The Kier molecular flexibility index (Phi) is 30.3. The lowest BCUT2D eigenvalue weighted by atomic mass is 10.0. The summed E-state index contributed by atoms with van der Waals surface area (Å²) in [7, 11) is 0. The van der Waals surface area contributed by atoms with Gasteiger partial charge in [0.05, 0.1) is 6.61 Å². The van der Waals surface area contributed by atoms with Crippen molar-refractivity contribution in [3.8, 4) is 0 Å². The zero-order chi connectivity index (χ0) is 36.5. The number of cyclic esters (lactones) is 1. The average Bonchev–Trinajstić information content (AvgIpc) is 3.38. The average molecular weight is 709 g/mol. The predicted molar refractivity (Wildman–Crippen MR) is 201 cm³/mol. The minimum Gasteiger partial charge on any atom is -0.456 e. The van der Waals surface area contributed by atoms with Crippen molar-refractivity contribution in [1.29, 1.82) is 0 Å². The molecule has 1 fully saturated rings. The monoisotopic (exact) mass is 709 g/mol. The second-order valence-corrected chi connectivity index (χ2v) is 14.8. The molecule has 0 aromatic rings. The van der Waals surface area contributed by atoms with Crippen LogP contribution in [0.5, 0.6) is 0 Å². The number of hydrogen-bond donors (Lipinski definition) is 1. The molecule has 1 aliphatic rings. The molecule has 0 spiro atoms. The number of hydrogen-bond acceptors (Lipinski definition) is 8. The number of carbonyl (C=O) groups excluding carboxylic acids is 4. The van der Waals surface area contributed by atoms with Gasteiger partial charge in [-0.1, -0.05) is 194 Å². The summed E-state index contributed by atoms with van der Waals surface area (Å²) < 4.78 is 15.8. The Hall–Kier alpha value is -1.96. The van der Waals surface area contributed by atoms with E-state index >= 15 is 0 Å². The van der Waals surface area contributed by atoms with Gasteiger partial charge in [-0.15, -0.1) is 0 Å². The highest BCUT2D eigenvalue weighted by molar-refractivity contribution is 6.37. The fourth-order valence-electron chi connectivity index (χ4n) is 6.82. The first-order chi connectivity index (χ1) is 24.4. The van der Waals surface area contributed by atoms with Crippen LogP contribution in [0.2, 0.25) is 0 Å². The van der Waals surface area contributed by atoms with E-state index in [4.69, 9.17) is 14.2 Å². The molecule has 8 heteroatoms. The fourth-order valence-corrected chi connectivity index (χ4v) is 6.82. The Balaban J connectivity index is 2.14. The second-order valence-electron chi connectivity index (χ2n) is 14.8. The molecule has 0 radical (unpaired) electrons. The van der Waals surface area contributed by atoms with Gasteiger partial charge in [0.2, 0.25) is 6.10 Å². The van der Waals surface area contributed by atoms with Gasteiger partial charge in [-0.25, -0.2) is 4.79 Å². The van der Waals surface area contributed by atoms with Crippen LogP contribution in [0.3, 0.4) is 0 Å². The molecule has 0 bridgehead atoms. The summed E-state index contributed by atoms with van der Waals surface area (Å²) in [5.41, 5.74) is 0. The van der Waals surface area contributed by atoms with E-state index in [1.54, 1.807) is 0 Å². The first-order valence-electron chi connectivity index (χ1n) is 21.2. The summed E-state index contributed by atoms with van der Waals surface area (Å²) in [5, 5.41) is 9.90. The van der Waals surface area contributed by atoms with Gasteiger partial charge < -0.3 is 19.3 Å². The molecular weight excluding hydrogens is 632 g/mol. The SMILES string of the molecule is CCCCCCCCCCCCCCCCCC(=O)OC1C(=O)C(=O)O[C@@H]1[C@H](CO)OC(=O)CCCCCCCCCCCCCCCCC. The topological polar surface area (TPSA) is 116 Å². The lowest BCUT2D eigenvalue weighted by molar-refractivity contribution is -0.173. The molecule has 1 rings (SSSR count). The Bertz CT molecular complexity index is 859. The van der Waals surface area contributed by atoms with Crippen LogP contribution >= 0.6 is 0 Å². The number of Topliss-reactive ketones (excluding diaryl/α,β-unsaturated/α-hetero) is 1. The summed E-state index contributed by atoms with van der Waals surface area (Å²) in [6.07, 6.45) is 32.9. The second kappa shape index (κ2) is 32.9. The Morgan fingerprint density at radius 3 is 1.20 bits per heavy atom. The third-order valence-corrected chi connectivity index (χ3v) is 10.1. The van der Waals surface area contributed by atoms with Gasteiger partial charge in [0.15, 0.2) is 12.2 Å². The maximum atomic E-state index is 12.5. The van der Waals surface area contributed by atoms with Crippen molar-refractivity contribution in [2.75, 3.05) is 6.61 Å². The third-order valence-electron chi connectivity index (χ3n) is 10.1. The molecule has 1 heterocycles. The van der Waals surface area contributed by atoms with Crippen LogP contribution in [-0.4, -0.2) is 53.7 Å². The van der Waals surface area contributed by atoms with Gasteiger partial charge in [-0.05, 0) is 12.8 Å². The van der Waals surface area contributed by atoms with Crippen LogP contribution in [0.4, 0.5) is 0 Å². The molecule has 50 heavy (non-hydrogen) atoms. The highest BCUT2D eigenvalue weighted by Gasteiger charge is 2.51. The molecule has 1 N–H and O–H groups in total. The lowest BCUT2D eigenvalue weighted by Gasteiger charge is -2.24. The summed E-state index contributed by atoms with van der Waals surface area (Å²) in [4.78, 5) is 49.5. The first kappa shape index (κ1) is 46.1. The standard InChI is InChI=1S/C42H76O8/c1-3-5-7-9-11-13-15-17-19-21-23-25-27-29-31-33-37(44)48-36(35-43)40-41(39(46)42(47)50-40)49-38(45)34-32-30-28-26-24-22-20-18-16-14-12-10-8-6-4-2/h36,40-41,43H,3-35H2,1-2H3/t36-,40+,41?/m0/s1. The lowest BCUT2D eigenvalue weighted by Crippen LogP contribution is -2.44. The minimum absolute atomic E-state index is 0.131. The molecule has 1 aliphatic heterocycles. The molecule has 0 aliphatic carbocycles. The molecule has 292 valence electrons. The van der Waals surface area contributed by atoms with Gasteiger partial charge in [0, 0.05) is 12.8 Å². The van der Waals surface area contributed by atoms with Gasteiger partial charge in [0.1, 0.15) is 0 Å². The van der Waals surface area contributed by atoms with Crippen LogP contribution in [0.15, 0.2) is 0 Å². The zero-order valence-corrected chi connectivity index (χ0v) is 32.4. The van der Waals surface area contributed by atoms with E-state index in [0.29, 0.717) is 12.8 Å². The van der Waals surface area contributed by atoms with E-state index in [1.807, 2.05) is 0 Å². The number of aliphatic hydroxyl groups is 1. The van der Waals surface area contributed by atoms with E-state index in [1.165, 1.54) is 141 Å². The summed E-state index contributed by atoms with van der Waals surface area (Å²) in [6.45, 7) is 3.85. The number of ether oxygens (including phenoxy) is 3. The number of aliphatic hydroxyl groups excluding tert-OH is 1. The smallest absolute Gasteiger partial charge is 0.379 e. The van der Waals surface area contributed by atoms with Crippen LogP contribution in [0, 0.1) is 0 Å². The van der Waals surface area contributed by atoms with Gasteiger partial charge in [-0.3, -0.25) is 14.4 Å². The molecule has 0 saturated carbocycles. The fraction of sp³-hybridized carbons (Fsp3) is 0.905. The van der Waals surface area contributed by atoms with Crippen LogP contribution in [0.1, 0.15) is 219 Å². The van der Waals surface area contributed by atoms with Crippen molar-refractivity contribution in [1.82, 2.24) is 0 Å². The molecule has 0 aromatic carbocycles. The van der Waals surface area contributed by atoms with E-state index in [0.717, 1.165) is 38.5 Å². The van der Waals surface area contributed by atoms with Gasteiger partial charge in [0.25, 0.3) is 5.78 Å². The molecule has 0 amide bonds. The number of ketones is 1. The van der Waals surface area contributed by atoms with Crippen molar-refractivity contribution >= 4 is 23.7 Å². The van der Waals surface area contributed by atoms with Gasteiger partial charge in [-0.2, -0.15) is 0 Å². The Morgan fingerprint density at radius 2 is 0.860 bits per heavy atom. The van der Waals surface area contributed by atoms with E-state index in [9.17, 15) is 24.3 Å². The maximum absolute atomic E-state index is 12.5.